The highest BCUT2D eigenvalue weighted by Crippen LogP contribution is 2.10. The Morgan fingerprint density at radius 2 is 2.12 bits per heavy atom. The summed E-state index contributed by atoms with van der Waals surface area (Å²) < 4.78 is 0. The largest absolute Gasteiger partial charge is 0.340 e. The van der Waals surface area contributed by atoms with Crippen molar-refractivity contribution in [2.75, 3.05) is 31.1 Å². The maximum Gasteiger partial charge on any atom is 0.278 e. The molecular formula is C11H13N5O. The van der Waals surface area contributed by atoms with Gasteiger partial charge in [-0.2, -0.15) is 0 Å². The van der Waals surface area contributed by atoms with Crippen LogP contribution in [0.25, 0.3) is 11.0 Å². The minimum atomic E-state index is -0.177. The van der Waals surface area contributed by atoms with E-state index in [1.165, 1.54) is 0 Å². The predicted molar refractivity (Wildman–Crippen MR) is 65.2 cm³/mol. The van der Waals surface area contributed by atoms with E-state index in [1.54, 1.807) is 12.3 Å². The predicted octanol–water partition coefficient (Wildman–Crippen LogP) is -0.272. The third-order valence-electron chi connectivity index (χ3n) is 2.87. The molecular weight excluding hydrogens is 218 g/mol. The first-order valence-corrected chi connectivity index (χ1v) is 5.65. The van der Waals surface area contributed by atoms with E-state index in [0.717, 1.165) is 26.2 Å². The Labute approximate surface area is 97.7 Å². The molecule has 0 atom stereocenters. The normalized spacial score (nSPS) is 16.4. The molecule has 2 N–H and O–H groups in total. The molecule has 1 aliphatic heterocycles. The summed E-state index contributed by atoms with van der Waals surface area (Å²) in [5.74, 6) is 0.636. The standard InChI is InChI=1S/C11H13N5O/c17-10-9-8(2-1-3-13-9)14-11(15-10)16-6-4-12-5-7-16/h1-3,12H,4-7H2,(H,14,15,17). The third-order valence-corrected chi connectivity index (χ3v) is 2.87. The van der Waals surface area contributed by atoms with Gasteiger partial charge in [0.25, 0.3) is 5.56 Å². The molecule has 0 radical (unpaired) electrons. The van der Waals surface area contributed by atoms with Crippen molar-refractivity contribution < 1.29 is 0 Å². The first-order chi connectivity index (χ1) is 8.34. The Balaban J connectivity index is 2.08. The van der Waals surface area contributed by atoms with Gasteiger partial charge in [0.1, 0.15) is 0 Å². The van der Waals surface area contributed by atoms with E-state index in [1.807, 2.05) is 6.07 Å². The molecule has 1 saturated heterocycles. The van der Waals surface area contributed by atoms with Gasteiger partial charge in [-0.1, -0.05) is 0 Å². The van der Waals surface area contributed by atoms with Gasteiger partial charge < -0.3 is 10.2 Å². The van der Waals surface area contributed by atoms with Crippen molar-refractivity contribution in [1.29, 1.82) is 0 Å². The van der Waals surface area contributed by atoms with E-state index in [4.69, 9.17) is 0 Å². The quantitative estimate of drug-likeness (QED) is 0.706. The maximum absolute atomic E-state index is 11.8. The van der Waals surface area contributed by atoms with Crippen LogP contribution in [0.2, 0.25) is 0 Å². The number of aromatic nitrogens is 3. The van der Waals surface area contributed by atoms with E-state index in [2.05, 4.69) is 25.2 Å². The molecule has 3 heterocycles. The summed E-state index contributed by atoms with van der Waals surface area (Å²) in [5, 5.41) is 3.26. The van der Waals surface area contributed by atoms with Crippen molar-refractivity contribution in [2.45, 2.75) is 0 Å². The van der Waals surface area contributed by atoms with Crippen LogP contribution in [0, 0.1) is 0 Å². The molecule has 0 aromatic carbocycles. The first kappa shape index (κ1) is 10.2. The van der Waals surface area contributed by atoms with Crippen LogP contribution in [0.1, 0.15) is 0 Å². The smallest absolute Gasteiger partial charge is 0.278 e. The number of piperazine rings is 1. The van der Waals surface area contributed by atoms with Gasteiger partial charge in [0.2, 0.25) is 5.95 Å². The molecule has 0 aliphatic carbocycles. The van der Waals surface area contributed by atoms with E-state index < -0.39 is 0 Å². The lowest BCUT2D eigenvalue weighted by molar-refractivity contribution is 0.580. The van der Waals surface area contributed by atoms with Crippen molar-refractivity contribution in [3.63, 3.8) is 0 Å². The molecule has 88 valence electrons. The van der Waals surface area contributed by atoms with Gasteiger partial charge in [0.15, 0.2) is 5.52 Å². The highest BCUT2D eigenvalue weighted by Gasteiger charge is 2.14. The van der Waals surface area contributed by atoms with Crippen LogP contribution in [-0.2, 0) is 0 Å². The Kier molecular flexibility index (Phi) is 2.49. The van der Waals surface area contributed by atoms with Crippen molar-refractivity contribution in [2.24, 2.45) is 0 Å². The van der Waals surface area contributed by atoms with E-state index in [9.17, 15) is 4.79 Å². The monoisotopic (exact) mass is 231 g/mol. The fraction of sp³-hybridized carbons (Fsp3) is 0.364. The number of nitrogens with zero attached hydrogens (tertiary/aromatic N) is 3. The number of H-pyrrole nitrogens is 1. The zero-order valence-electron chi connectivity index (χ0n) is 9.31. The molecule has 17 heavy (non-hydrogen) atoms. The molecule has 2 aromatic heterocycles. The van der Waals surface area contributed by atoms with Crippen molar-refractivity contribution in [3.8, 4) is 0 Å². The molecule has 1 fully saturated rings. The van der Waals surface area contributed by atoms with Crippen LogP contribution in [0.15, 0.2) is 23.1 Å². The molecule has 6 heteroatoms. The van der Waals surface area contributed by atoms with Crippen LogP contribution in [-0.4, -0.2) is 41.1 Å². The maximum atomic E-state index is 11.8. The van der Waals surface area contributed by atoms with Gasteiger partial charge in [-0.25, -0.2) is 9.97 Å². The average molecular weight is 231 g/mol. The molecule has 2 aromatic rings. The summed E-state index contributed by atoms with van der Waals surface area (Å²) in [4.78, 5) is 25.2. The highest BCUT2D eigenvalue weighted by atomic mass is 16.1. The number of anilines is 1. The second kappa shape index (κ2) is 4.14. The van der Waals surface area contributed by atoms with Gasteiger partial charge in [-0.05, 0) is 12.1 Å². The molecule has 0 saturated carbocycles. The van der Waals surface area contributed by atoms with E-state index >= 15 is 0 Å². The summed E-state index contributed by atoms with van der Waals surface area (Å²) in [6.07, 6.45) is 1.60. The SMILES string of the molecule is O=c1[nH]c(N2CCNCC2)nc2cccnc12. The zero-order chi connectivity index (χ0) is 11.7. The minimum Gasteiger partial charge on any atom is -0.340 e. The van der Waals surface area contributed by atoms with Crippen molar-refractivity contribution in [1.82, 2.24) is 20.3 Å². The summed E-state index contributed by atoms with van der Waals surface area (Å²) in [7, 11) is 0. The van der Waals surface area contributed by atoms with Gasteiger partial charge in [-0.3, -0.25) is 9.78 Å². The fourth-order valence-electron chi connectivity index (χ4n) is 1.99. The molecule has 0 amide bonds. The lowest BCUT2D eigenvalue weighted by Crippen LogP contribution is -2.44. The highest BCUT2D eigenvalue weighted by molar-refractivity contribution is 5.73. The van der Waals surface area contributed by atoms with Crippen LogP contribution in [0.5, 0.6) is 0 Å². The number of pyridine rings is 1. The topological polar surface area (TPSA) is 73.9 Å². The second-order valence-electron chi connectivity index (χ2n) is 4.00. The zero-order valence-corrected chi connectivity index (χ0v) is 9.31. The van der Waals surface area contributed by atoms with Gasteiger partial charge >= 0.3 is 0 Å². The fourth-order valence-corrected chi connectivity index (χ4v) is 1.99. The van der Waals surface area contributed by atoms with Gasteiger partial charge in [0.05, 0.1) is 5.52 Å². The number of aromatic amines is 1. The minimum absolute atomic E-state index is 0.177. The molecule has 0 unspecified atom stereocenters. The van der Waals surface area contributed by atoms with Crippen molar-refractivity contribution >= 4 is 17.0 Å². The van der Waals surface area contributed by atoms with Crippen LogP contribution in [0.3, 0.4) is 0 Å². The van der Waals surface area contributed by atoms with Crippen LogP contribution >= 0.6 is 0 Å². The number of hydrogen-bond acceptors (Lipinski definition) is 5. The van der Waals surface area contributed by atoms with E-state index in [-0.39, 0.29) is 5.56 Å². The summed E-state index contributed by atoms with van der Waals surface area (Å²) in [6.45, 7) is 3.53. The van der Waals surface area contributed by atoms with Gasteiger partial charge in [-0.15, -0.1) is 0 Å². The number of hydrogen-bond donors (Lipinski definition) is 2. The van der Waals surface area contributed by atoms with Gasteiger partial charge in [0, 0.05) is 32.4 Å². The first-order valence-electron chi connectivity index (χ1n) is 5.65. The summed E-state index contributed by atoms with van der Waals surface area (Å²) in [5.41, 5.74) is 0.861. The Bertz CT molecular complexity index is 588. The van der Waals surface area contributed by atoms with E-state index in [0.29, 0.717) is 17.0 Å². The summed E-state index contributed by atoms with van der Waals surface area (Å²) >= 11 is 0. The summed E-state index contributed by atoms with van der Waals surface area (Å²) in [6, 6.07) is 3.60. The second-order valence-corrected chi connectivity index (χ2v) is 4.00. The molecule has 0 bridgehead atoms. The number of nitrogens with one attached hydrogen (secondary N) is 2. The van der Waals surface area contributed by atoms with Crippen LogP contribution in [0.4, 0.5) is 5.95 Å². The Morgan fingerprint density at radius 3 is 2.94 bits per heavy atom. The number of rotatable bonds is 1. The Hall–Kier alpha value is -1.95. The Morgan fingerprint density at radius 1 is 1.29 bits per heavy atom. The molecule has 0 spiro atoms. The van der Waals surface area contributed by atoms with Crippen molar-refractivity contribution in [3.05, 3.63) is 28.7 Å². The molecule has 3 rings (SSSR count). The molecule has 6 nitrogen and oxygen atoms in total. The average Bonchev–Trinajstić information content (AvgIpc) is 2.40. The third kappa shape index (κ3) is 1.87. The lowest BCUT2D eigenvalue weighted by atomic mass is 10.3. The lowest BCUT2D eigenvalue weighted by Gasteiger charge is -2.27. The molecule has 1 aliphatic rings. The van der Waals surface area contributed by atoms with Crippen LogP contribution < -0.4 is 15.8 Å². The number of fused-ring (bicyclic) bond motifs is 1.